The molecule has 0 saturated carbocycles. The summed E-state index contributed by atoms with van der Waals surface area (Å²) in [4.78, 5) is 0. The third-order valence-electron chi connectivity index (χ3n) is 5.64. The van der Waals surface area contributed by atoms with Crippen molar-refractivity contribution in [2.24, 2.45) is 5.41 Å². The summed E-state index contributed by atoms with van der Waals surface area (Å²) in [7, 11) is 0. The zero-order valence-electron chi connectivity index (χ0n) is 20.8. The molecule has 0 atom stereocenters. The summed E-state index contributed by atoms with van der Waals surface area (Å²) in [6.45, 7) is 19.2. The topological polar surface area (TPSA) is 0 Å². The molecule has 0 heteroatoms. The largest absolute Gasteiger partial charge is 0.0988 e. The Morgan fingerprint density at radius 3 is 1.74 bits per heavy atom. The van der Waals surface area contributed by atoms with Crippen molar-refractivity contribution in [2.45, 2.75) is 67.7 Å². The van der Waals surface area contributed by atoms with Gasteiger partial charge in [-0.2, -0.15) is 0 Å². The molecular weight excluding hydrogens is 372 g/mol. The highest BCUT2D eigenvalue weighted by Crippen LogP contribution is 2.40. The molecule has 31 heavy (non-hydrogen) atoms. The predicted octanol–water partition coefficient (Wildman–Crippen LogP) is 9.71. The van der Waals surface area contributed by atoms with Gasteiger partial charge in [-0.1, -0.05) is 127 Å². The highest BCUT2D eigenvalue weighted by Gasteiger charge is 2.26. The Kier molecular flexibility index (Phi) is 11.6. The summed E-state index contributed by atoms with van der Waals surface area (Å²) in [5, 5.41) is 0. The third-order valence-corrected chi connectivity index (χ3v) is 5.64. The molecule has 0 radical (unpaired) electrons. The second kappa shape index (κ2) is 13.7. The molecule has 0 saturated heterocycles. The fourth-order valence-corrected chi connectivity index (χ4v) is 3.58. The van der Waals surface area contributed by atoms with Crippen molar-refractivity contribution in [1.82, 2.24) is 0 Å². The van der Waals surface area contributed by atoms with E-state index in [2.05, 4.69) is 121 Å². The van der Waals surface area contributed by atoms with Crippen LogP contribution in [0.5, 0.6) is 0 Å². The molecule has 0 heterocycles. The van der Waals surface area contributed by atoms with Crippen molar-refractivity contribution in [2.75, 3.05) is 0 Å². The van der Waals surface area contributed by atoms with Crippen LogP contribution >= 0.6 is 0 Å². The van der Waals surface area contributed by atoms with Crippen LogP contribution in [-0.4, -0.2) is 0 Å². The van der Waals surface area contributed by atoms with Gasteiger partial charge in [0.1, 0.15) is 0 Å². The lowest BCUT2D eigenvalue weighted by atomic mass is 9.72. The van der Waals surface area contributed by atoms with Crippen molar-refractivity contribution < 1.29 is 0 Å². The second-order valence-corrected chi connectivity index (χ2v) is 9.21. The van der Waals surface area contributed by atoms with Gasteiger partial charge >= 0.3 is 0 Å². The molecule has 0 amide bonds. The molecule has 0 unspecified atom stereocenters. The zero-order valence-corrected chi connectivity index (χ0v) is 20.8. The van der Waals surface area contributed by atoms with Crippen LogP contribution < -0.4 is 0 Å². The van der Waals surface area contributed by atoms with E-state index >= 15 is 0 Å². The molecule has 1 aliphatic rings. The minimum absolute atomic E-state index is 0.296. The van der Waals surface area contributed by atoms with E-state index in [1.54, 1.807) is 5.57 Å². The summed E-state index contributed by atoms with van der Waals surface area (Å²) >= 11 is 0. The van der Waals surface area contributed by atoms with E-state index in [0.717, 1.165) is 5.57 Å². The molecule has 0 aromatic heterocycles. The smallest absolute Gasteiger partial charge is 0.0104 e. The van der Waals surface area contributed by atoms with Crippen molar-refractivity contribution in [3.05, 3.63) is 119 Å². The summed E-state index contributed by atoms with van der Waals surface area (Å²) in [6, 6.07) is 0. The molecule has 1 aliphatic carbocycles. The van der Waals surface area contributed by atoms with Gasteiger partial charge in [0, 0.05) is 0 Å². The van der Waals surface area contributed by atoms with E-state index in [1.807, 2.05) is 13.0 Å². The van der Waals surface area contributed by atoms with Crippen LogP contribution in [0.3, 0.4) is 0 Å². The van der Waals surface area contributed by atoms with Crippen molar-refractivity contribution in [3.63, 3.8) is 0 Å². The highest BCUT2D eigenvalue weighted by atomic mass is 14.3. The van der Waals surface area contributed by atoms with E-state index in [1.165, 1.54) is 41.6 Å². The molecule has 1 rings (SSSR count). The Morgan fingerprint density at radius 1 is 0.742 bits per heavy atom. The first-order valence-electron chi connectivity index (χ1n) is 11.4. The summed E-state index contributed by atoms with van der Waals surface area (Å²) in [5.74, 6) is 0. The van der Waals surface area contributed by atoms with Crippen LogP contribution in [0.1, 0.15) is 67.7 Å². The minimum Gasteiger partial charge on any atom is -0.0988 e. The quantitative estimate of drug-likeness (QED) is 0.329. The van der Waals surface area contributed by atoms with Crippen LogP contribution in [-0.2, 0) is 0 Å². The van der Waals surface area contributed by atoms with Crippen molar-refractivity contribution in [1.29, 1.82) is 0 Å². The Hall–Kier alpha value is -2.60. The van der Waals surface area contributed by atoms with Gasteiger partial charge in [-0.05, 0) is 64.9 Å². The fraction of sp³-hybridized carbons (Fsp3) is 0.355. The molecule has 0 spiro atoms. The Bertz CT molecular complexity index is 880. The van der Waals surface area contributed by atoms with Gasteiger partial charge in [-0.25, -0.2) is 0 Å². The normalized spacial score (nSPS) is 19.6. The molecule has 0 fully saturated rings. The van der Waals surface area contributed by atoms with Crippen molar-refractivity contribution in [3.8, 4) is 0 Å². The van der Waals surface area contributed by atoms with E-state index in [-0.39, 0.29) is 0 Å². The molecule has 0 aromatic carbocycles. The molecule has 0 N–H and O–H groups in total. The maximum atomic E-state index is 3.75. The standard InChI is InChI=1S/C31H42/c1-9-25(2)17-12-18-26(3)15-10-11-16-27(4)19-13-20-28(5)22-23-30-29(6)21-14-24-31(30,7)8/h9-13,15-20,22-23H,1,14,21,24H2,2-8H3/b11-10+,18-12+,19-13+,23-22+,25-17+,26-15+,27-16+,28-20+. The number of rotatable bonds is 9. The van der Waals surface area contributed by atoms with E-state index in [0.29, 0.717) is 5.41 Å². The van der Waals surface area contributed by atoms with Gasteiger partial charge in [-0.3, -0.25) is 0 Å². The van der Waals surface area contributed by atoms with Gasteiger partial charge in [0.05, 0.1) is 0 Å². The lowest BCUT2D eigenvalue weighted by molar-refractivity contribution is 0.377. The minimum atomic E-state index is 0.296. The summed E-state index contributed by atoms with van der Waals surface area (Å²) < 4.78 is 0. The van der Waals surface area contributed by atoms with Crippen LogP contribution in [0, 0.1) is 5.41 Å². The molecule has 0 aromatic rings. The Labute approximate surface area is 192 Å². The monoisotopic (exact) mass is 414 g/mol. The first-order valence-corrected chi connectivity index (χ1v) is 11.4. The van der Waals surface area contributed by atoms with Crippen LogP contribution in [0.15, 0.2) is 119 Å². The summed E-state index contributed by atoms with van der Waals surface area (Å²) in [5.41, 5.74) is 8.23. The maximum Gasteiger partial charge on any atom is -0.0104 e. The van der Waals surface area contributed by atoms with Crippen molar-refractivity contribution >= 4 is 0 Å². The SMILES string of the molecule is C=C/C(C)=C/C=C/C(C)=C/C=C/C=C(C)/C=C/C=C(C)/C=C/C1=C(C)CCCC1(C)C. The average Bonchev–Trinajstić information content (AvgIpc) is 2.70. The van der Waals surface area contributed by atoms with E-state index in [4.69, 9.17) is 0 Å². The van der Waals surface area contributed by atoms with Gasteiger partial charge < -0.3 is 0 Å². The average molecular weight is 415 g/mol. The van der Waals surface area contributed by atoms with Gasteiger partial charge in [0.2, 0.25) is 0 Å². The van der Waals surface area contributed by atoms with E-state index < -0.39 is 0 Å². The Morgan fingerprint density at radius 2 is 1.23 bits per heavy atom. The highest BCUT2D eigenvalue weighted by molar-refractivity contribution is 5.37. The lowest BCUT2D eigenvalue weighted by Crippen LogP contribution is -2.19. The number of allylic oxidation sites excluding steroid dienone is 19. The molecule has 0 bridgehead atoms. The van der Waals surface area contributed by atoms with Gasteiger partial charge in [0.25, 0.3) is 0 Å². The summed E-state index contributed by atoms with van der Waals surface area (Å²) in [6.07, 6.45) is 31.3. The molecule has 166 valence electrons. The van der Waals surface area contributed by atoms with Crippen LogP contribution in [0.4, 0.5) is 0 Å². The number of hydrogen-bond acceptors (Lipinski definition) is 0. The Balaban J connectivity index is 2.65. The van der Waals surface area contributed by atoms with E-state index in [9.17, 15) is 0 Å². The fourth-order valence-electron chi connectivity index (χ4n) is 3.58. The molecular formula is C31H42. The number of hydrogen-bond donors (Lipinski definition) is 0. The first kappa shape index (κ1) is 26.4. The molecule has 0 aliphatic heterocycles. The predicted molar refractivity (Wildman–Crippen MR) is 142 cm³/mol. The van der Waals surface area contributed by atoms with Crippen LogP contribution in [0.2, 0.25) is 0 Å². The second-order valence-electron chi connectivity index (χ2n) is 9.21. The van der Waals surface area contributed by atoms with Gasteiger partial charge in [-0.15, -0.1) is 0 Å². The maximum absolute atomic E-state index is 3.75. The molecule has 0 nitrogen and oxygen atoms in total. The lowest BCUT2D eigenvalue weighted by Gasteiger charge is -2.32. The third kappa shape index (κ3) is 10.8. The van der Waals surface area contributed by atoms with Gasteiger partial charge in [0.15, 0.2) is 0 Å². The van der Waals surface area contributed by atoms with Crippen LogP contribution in [0.25, 0.3) is 0 Å². The zero-order chi connectivity index (χ0) is 23.3. The first-order chi connectivity index (χ1) is 14.7.